The van der Waals surface area contributed by atoms with Gasteiger partial charge in [-0.3, -0.25) is 0 Å². The fourth-order valence-electron chi connectivity index (χ4n) is 3.65. The second-order valence-electron chi connectivity index (χ2n) is 8.23. The summed E-state index contributed by atoms with van der Waals surface area (Å²) in [5, 5.41) is 0. The molecule has 0 fully saturated rings. The van der Waals surface area contributed by atoms with Crippen molar-refractivity contribution in [3.8, 4) is 11.1 Å². The Balaban J connectivity index is 1.72. The van der Waals surface area contributed by atoms with Gasteiger partial charge in [-0.2, -0.15) is 0 Å². The summed E-state index contributed by atoms with van der Waals surface area (Å²) in [4.78, 5) is 1.15. The highest BCUT2D eigenvalue weighted by atomic mass is 32.3. The third-order valence-electron chi connectivity index (χ3n) is 5.42. The maximum absolute atomic E-state index is 13.6. The Bertz CT molecular complexity index is 953. The van der Waals surface area contributed by atoms with Gasteiger partial charge < -0.3 is 0 Å². The Morgan fingerprint density at radius 2 is 1.23 bits per heavy atom. The third kappa shape index (κ3) is 5.48. The van der Waals surface area contributed by atoms with E-state index in [0.29, 0.717) is 11.3 Å². The van der Waals surface area contributed by atoms with Gasteiger partial charge in [0.2, 0.25) is 0 Å². The molecule has 0 amide bonds. The van der Waals surface area contributed by atoms with Crippen molar-refractivity contribution in [2.45, 2.75) is 43.3 Å². The maximum atomic E-state index is 13.6. The molecule has 0 unspecified atom stereocenters. The van der Waals surface area contributed by atoms with Crippen LogP contribution in [0.15, 0.2) is 65.6 Å². The molecule has 0 saturated carbocycles. The van der Waals surface area contributed by atoms with Crippen molar-refractivity contribution in [2.75, 3.05) is 12.5 Å². The fourth-order valence-corrected chi connectivity index (χ4v) is 5.69. The van der Waals surface area contributed by atoms with Gasteiger partial charge in [-0.25, -0.2) is 23.2 Å². The molecule has 0 atom stereocenters. The molecule has 0 aromatic heterocycles. The molecule has 0 bridgehead atoms. The van der Waals surface area contributed by atoms with E-state index in [0.717, 1.165) is 29.0 Å². The topological polar surface area (TPSA) is 0 Å². The monoisotopic (exact) mass is 430 g/mol. The Kier molecular flexibility index (Phi) is 7.30. The zero-order chi connectivity index (χ0) is 21.7. The summed E-state index contributed by atoms with van der Waals surface area (Å²) < 4.78 is 40.4. The lowest BCUT2D eigenvalue weighted by molar-refractivity contribution is 0.446. The molecule has 0 aliphatic heterocycles. The zero-order valence-corrected chi connectivity index (χ0v) is 18.7. The summed E-state index contributed by atoms with van der Waals surface area (Å²) in [6, 6.07) is 19.3. The van der Waals surface area contributed by atoms with Crippen LogP contribution in [0.2, 0.25) is 0 Å². The molecule has 4 heteroatoms. The molecule has 30 heavy (non-hydrogen) atoms. The van der Waals surface area contributed by atoms with E-state index in [2.05, 4.69) is 68.0 Å². The average Bonchev–Trinajstić information content (AvgIpc) is 2.72. The van der Waals surface area contributed by atoms with Crippen LogP contribution in [0.1, 0.15) is 37.3 Å². The van der Waals surface area contributed by atoms with Crippen LogP contribution in [0.25, 0.3) is 11.1 Å². The maximum Gasteiger partial charge on any atom is 0.194 e. The first-order chi connectivity index (χ1) is 14.3. The first kappa shape index (κ1) is 22.5. The molecule has 0 aliphatic carbocycles. The van der Waals surface area contributed by atoms with Gasteiger partial charge in [0.05, 0.1) is 0 Å². The van der Waals surface area contributed by atoms with Crippen LogP contribution in [0, 0.1) is 17.5 Å². The van der Waals surface area contributed by atoms with Crippen LogP contribution in [-0.2, 0) is 12.2 Å². The van der Waals surface area contributed by atoms with E-state index in [1.807, 2.05) is 0 Å². The summed E-state index contributed by atoms with van der Waals surface area (Å²) in [6.07, 6.45) is 9.05. The minimum atomic E-state index is -1.41. The van der Waals surface area contributed by atoms with Crippen molar-refractivity contribution in [1.82, 2.24) is 0 Å². The minimum absolute atomic E-state index is 0.481. The second-order valence-corrected chi connectivity index (χ2v) is 12.1. The Morgan fingerprint density at radius 1 is 0.700 bits per heavy atom. The van der Waals surface area contributed by atoms with E-state index < -0.39 is 27.5 Å². The largest absolute Gasteiger partial charge is 0.216 e. The van der Waals surface area contributed by atoms with E-state index in [1.165, 1.54) is 30.4 Å². The predicted octanol–water partition coefficient (Wildman–Crippen LogP) is 8.13. The van der Waals surface area contributed by atoms with Gasteiger partial charge in [0.15, 0.2) is 17.5 Å². The molecule has 0 nitrogen and oxygen atoms in total. The normalized spacial score (nSPS) is 12.2. The predicted molar refractivity (Wildman–Crippen MR) is 123 cm³/mol. The molecule has 3 rings (SSSR count). The van der Waals surface area contributed by atoms with Crippen molar-refractivity contribution in [3.63, 3.8) is 0 Å². The third-order valence-corrected chi connectivity index (χ3v) is 8.02. The lowest BCUT2D eigenvalue weighted by Crippen LogP contribution is -2.03. The number of unbranched alkanes of at least 4 members (excludes halogenated alkanes) is 2. The molecule has 3 aromatic carbocycles. The van der Waals surface area contributed by atoms with Gasteiger partial charge >= 0.3 is 0 Å². The zero-order valence-electron chi connectivity index (χ0n) is 17.9. The summed E-state index contributed by atoms with van der Waals surface area (Å²) >= 11 is 0. The van der Waals surface area contributed by atoms with Gasteiger partial charge in [0, 0.05) is 5.75 Å². The average molecular weight is 431 g/mol. The van der Waals surface area contributed by atoms with E-state index in [9.17, 15) is 13.2 Å². The van der Waals surface area contributed by atoms with Gasteiger partial charge in [0.25, 0.3) is 0 Å². The van der Waals surface area contributed by atoms with Gasteiger partial charge in [-0.15, -0.1) is 0 Å². The number of benzene rings is 3. The quantitative estimate of drug-likeness (QED) is 0.250. The summed E-state index contributed by atoms with van der Waals surface area (Å²) in [5.74, 6) is -3.18. The SMILES string of the molecule is CCCCCc1ccc(-c2ccc(S(C)(C)Cc3cc(F)c(F)c(F)c3)cc2)cc1. The molecule has 160 valence electrons. The van der Waals surface area contributed by atoms with E-state index >= 15 is 0 Å². The lowest BCUT2D eigenvalue weighted by Gasteiger charge is -2.32. The van der Waals surface area contributed by atoms with E-state index in [-0.39, 0.29) is 0 Å². The van der Waals surface area contributed by atoms with Crippen LogP contribution in [0.3, 0.4) is 0 Å². The molecule has 0 N–H and O–H groups in total. The number of aryl methyl sites for hydroxylation is 1. The van der Waals surface area contributed by atoms with Crippen molar-refractivity contribution < 1.29 is 13.2 Å². The second kappa shape index (κ2) is 9.74. The Morgan fingerprint density at radius 3 is 1.77 bits per heavy atom. The van der Waals surface area contributed by atoms with Gasteiger partial charge in [-0.05, 0) is 76.8 Å². The Hall–Kier alpha value is -2.20. The van der Waals surface area contributed by atoms with Crippen molar-refractivity contribution >= 4 is 10.0 Å². The minimum Gasteiger partial charge on any atom is -0.216 e. The first-order valence-corrected chi connectivity index (χ1v) is 13.0. The molecule has 0 radical (unpaired) electrons. The van der Waals surface area contributed by atoms with E-state index in [1.54, 1.807) is 0 Å². The standard InChI is InChI=1S/C26H29F3S/c1-4-5-6-7-19-8-10-21(11-9-19)22-12-14-23(15-13-22)30(2,3)18-20-16-24(27)26(29)25(28)17-20/h8-17H,4-7,18H2,1-3H3. The van der Waals surface area contributed by atoms with Gasteiger partial charge in [-0.1, -0.05) is 56.2 Å². The number of hydrogen-bond acceptors (Lipinski definition) is 0. The van der Waals surface area contributed by atoms with Crippen molar-refractivity contribution in [1.29, 1.82) is 0 Å². The summed E-state index contributed by atoms with van der Waals surface area (Å²) in [7, 11) is -1.33. The highest BCUT2D eigenvalue weighted by molar-refractivity contribution is 8.32. The molecule has 0 spiro atoms. The van der Waals surface area contributed by atoms with Crippen LogP contribution in [-0.4, -0.2) is 12.5 Å². The van der Waals surface area contributed by atoms with Crippen LogP contribution < -0.4 is 0 Å². The molecular weight excluding hydrogens is 401 g/mol. The highest BCUT2D eigenvalue weighted by Gasteiger charge is 2.19. The number of hydrogen-bond donors (Lipinski definition) is 0. The summed E-state index contributed by atoms with van der Waals surface area (Å²) in [5.41, 5.74) is 4.17. The number of halogens is 3. The fraction of sp³-hybridized carbons (Fsp3) is 0.308. The molecule has 0 aliphatic rings. The van der Waals surface area contributed by atoms with Gasteiger partial charge in [0.1, 0.15) is 0 Å². The lowest BCUT2D eigenvalue weighted by atomic mass is 10.0. The summed E-state index contributed by atoms with van der Waals surface area (Å²) in [6.45, 7) is 2.21. The highest BCUT2D eigenvalue weighted by Crippen LogP contribution is 2.52. The van der Waals surface area contributed by atoms with Crippen LogP contribution in [0.4, 0.5) is 13.2 Å². The first-order valence-electron chi connectivity index (χ1n) is 10.3. The number of rotatable bonds is 8. The van der Waals surface area contributed by atoms with Crippen LogP contribution >= 0.6 is 10.0 Å². The van der Waals surface area contributed by atoms with E-state index in [4.69, 9.17) is 0 Å². The van der Waals surface area contributed by atoms with Crippen molar-refractivity contribution in [2.24, 2.45) is 0 Å². The smallest absolute Gasteiger partial charge is 0.194 e. The molecule has 0 saturated heterocycles. The molecule has 0 heterocycles. The molecule has 3 aromatic rings. The Labute approximate surface area is 179 Å². The molecular formula is C26H29F3S. The van der Waals surface area contributed by atoms with Crippen LogP contribution in [0.5, 0.6) is 0 Å². The van der Waals surface area contributed by atoms with Crippen molar-refractivity contribution in [3.05, 3.63) is 89.2 Å².